The molecule has 0 spiro atoms. The lowest BCUT2D eigenvalue weighted by atomic mass is 10.1. The minimum atomic E-state index is -0.380. The van der Waals surface area contributed by atoms with E-state index in [1.165, 1.54) is 6.07 Å². The van der Waals surface area contributed by atoms with Gasteiger partial charge in [0.15, 0.2) is 0 Å². The number of carbonyl (C=O) groups excluding carboxylic acids is 1. The number of carbonyl (C=O) groups is 1. The van der Waals surface area contributed by atoms with Crippen molar-refractivity contribution in [3.63, 3.8) is 0 Å². The van der Waals surface area contributed by atoms with E-state index >= 15 is 0 Å². The van der Waals surface area contributed by atoms with Crippen molar-refractivity contribution in [3.8, 4) is 0 Å². The highest BCUT2D eigenvalue weighted by Gasteiger charge is 2.11. The Morgan fingerprint density at radius 2 is 2.19 bits per heavy atom. The van der Waals surface area contributed by atoms with Gasteiger partial charge in [-0.2, -0.15) is 0 Å². The maximum atomic E-state index is 13.2. The van der Waals surface area contributed by atoms with Crippen LogP contribution in [-0.4, -0.2) is 23.7 Å². The third kappa shape index (κ3) is 3.62. The predicted octanol–water partition coefficient (Wildman–Crippen LogP) is 1.26. The van der Waals surface area contributed by atoms with Crippen molar-refractivity contribution in [2.75, 3.05) is 6.61 Å². The lowest BCUT2D eigenvalue weighted by Gasteiger charge is -2.13. The monoisotopic (exact) mass is 225 g/mol. The van der Waals surface area contributed by atoms with E-state index in [0.29, 0.717) is 12.0 Å². The number of halogens is 1. The average Bonchev–Trinajstić information content (AvgIpc) is 2.29. The van der Waals surface area contributed by atoms with Crippen LogP contribution in [0, 0.1) is 5.82 Å². The van der Waals surface area contributed by atoms with Gasteiger partial charge in [-0.25, -0.2) is 4.39 Å². The fraction of sp³-hybridized carbons (Fsp3) is 0.417. The van der Waals surface area contributed by atoms with Crippen molar-refractivity contribution in [3.05, 3.63) is 35.6 Å². The highest BCUT2D eigenvalue weighted by Crippen LogP contribution is 2.07. The number of hydrogen-bond acceptors (Lipinski definition) is 2. The third-order valence-corrected chi connectivity index (χ3v) is 2.39. The number of amides is 1. The zero-order chi connectivity index (χ0) is 12.0. The smallest absolute Gasteiger partial charge is 0.224 e. The zero-order valence-electron chi connectivity index (χ0n) is 9.24. The van der Waals surface area contributed by atoms with Gasteiger partial charge in [0.05, 0.1) is 19.1 Å². The molecule has 1 atom stereocenters. The van der Waals surface area contributed by atoms with E-state index in [2.05, 4.69) is 5.32 Å². The predicted molar refractivity (Wildman–Crippen MR) is 59.4 cm³/mol. The highest BCUT2D eigenvalue weighted by atomic mass is 19.1. The van der Waals surface area contributed by atoms with Gasteiger partial charge >= 0.3 is 0 Å². The van der Waals surface area contributed by atoms with Gasteiger partial charge in [0, 0.05) is 0 Å². The average molecular weight is 225 g/mol. The Morgan fingerprint density at radius 1 is 1.50 bits per heavy atom. The van der Waals surface area contributed by atoms with Crippen LogP contribution in [0.2, 0.25) is 0 Å². The highest BCUT2D eigenvalue weighted by molar-refractivity contribution is 5.78. The fourth-order valence-electron chi connectivity index (χ4n) is 1.37. The summed E-state index contributed by atoms with van der Waals surface area (Å²) in [5, 5.41) is 11.5. The molecule has 4 heteroatoms. The van der Waals surface area contributed by atoms with E-state index < -0.39 is 0 Å². The molecule has 0 saturated carbocycles. The van der Waals surface area contributed by atoms with Gasteiger partial charge in [0.2, 0.25) is 5.91 Å². The van der Waals surface area contributed by atoms with Crippen molar-refractivity contribution in [1.29, 1.82) is 0 Å². The molecule has 0 aromatic heterocycles. The Balaban J connectivity index is 2.55. The van der Waals surface area contributed by atoms with Crippen LogP contribution in [0.4, 0.5) is 4.39 Å². The second-order valence-corrected chi connectivity index (χ2v) is 3.62. The van der Waals surface area contributed by atoms with E-state index in [1.54, 1.807) is 18.2 Å². The first-order valence-electron chi connectivity index (χ1n) is 5.31. The third-order valence-electron chi connectivity index (χ3n) is 2.39. The molecule has 0 aliphatic carbocycles. The molecular formula is C12H16FNO2. The quantitative estimate of drug-likeness (QED) is 0.792. The number of benzene rings is 1. The number of aliphatic hydroxyl groups excluding tert-OH is 1. The second-order valence-electron chi connectivity index (χ2n) is 3.62. The van der Waals surface area contributed by atoms with Gasteiger partial charge in [-0.1, -0.05) is 25.1 Å². The molecule has 1 rings (SSSR count). The molecular weight excluding hydrogens is 209 g/mol. The van der Waals surface area contributed by atoms with Gasteiger partial charge in [-0.15, -0.1) is 0 Å². The molecule has 88 valence electrons. The van der Waals surface area contributed by atoms with E-state index in [0.717, 1.165) is 0 Å². The maximum Gasteiger partial charge on any atom is 0.224 e. The normalized spacial score (nSPS) is 12.2. The second kappa shape index (κ2) is 6.23. The zero-order valence-corrected chi connectivity index (χ0v) is 9.24. The molecule has 1 amide bonds. The first-order chi connectivity index (χ1) is 7.67. The standard InChI is InChI=1S/C12H16FNO2/c1-2-10(8-15)14-12(16)7-9-5-3-4-6-11(9)13/h3-6,10,15H,2,7-8H2,1H3,(H,14,16)/t10-/m1/s1. The van der Waals surface area contributed by atoms with E-state index in [4.69, 9.17) is 5.11 Å². The molecule has 1 aromatic carbocycles. The Kier molecular flexibility index (Phi) is 4.92. The summed E-state index contributed by atoms with van der Waals surface area (Å²) < 4.78 is 13.2. The van der Waals surface area contributed by atoms with Crippen molar-refractivity contribution in [2.24, 2.45) is 0 Å². The Hall–Kier alpha value is -1.42. The molecule has 0 bridgehead atoms. The first-order valence-corrected chi connectivity index (χ1v) is 5.31. The molecule has 0 radical (unpaired) electrons. The number of hydrogen-bond donors (Lipinski definition) is 2. The molecule has 0 heterocycles. The molecule has 16 heavy (non-hydrogen) atoms. The van der Waals surface area contributed by atoms with Crippen LogP contribution in [0.3, 0.4) is 0 Å². The van der Waals surface area contributed by atoms with Gasteiger partial charge in [0.1, 0.15) is 5.82 Å². The summed E-state index contributed by atoms with van der Waals surface area (Å²) in [6.45, 7) is 1.77. The molecule has 0 aliphatic rings. The van der Waals surface area contributed by atoms with Crippen LogP contribution in [0.5, 0.6) is 0 Å². The molecule has 0 saturated heterocycles. The van der Waals surface area contributed by atoms with Crippen LogP contribution in [0.25, 0.3) is 0 Å². The summed E-state index contributed by atoms with van der Waals surface area (Å²) in [6, 6.07) is 5.93. The lowest BCUT2D eigenvalue weighted by molar-refractivity contribution is -0.121. The van der Waals surface area contributed by atoms with E-state index in [9.17, 15) is 9.18 Å². The SMILES string of the molecule is CC[C@H](CO)NC(=O)Cc1ccccc1F. The topological polar surface area (TPSA) is 49.3 Å². The Bertz CT molecular complexity index is 351. The number of nitrogens with one attached hydrogen (secondary N) is 1. The summed E-state index contributed by atoms with van der Waals surface area (Å²) in [6.07, 6.45) is 0.655. The molecule has 1 aromatic rings. The van der Waals surface area contributed by atoms with Gasteiger partial charge < -0.3 is 10.4 Å². The van der Waals surface area contributed by atoms with Crippen molar-refractivity contribution in [2.45, 2.75) is 25.8 Å². The molecule has 0 aliphatic heterocycles. The molecule has 0 fully saturated rings. The summed E-state index contributed by atoms with van der Waals surface area (Å²) in [7, 11) is 0. The lowest BCUT2D eigenvalue weighted by Crippen LogP contribution is -2.37. The maximum absolute atomic E-state index is 13.2. The summed E-state index contributed by atoms with van der Waals surface area (Å²) in [5.41, 5.74) is 0.368. The largest absolute Gasteiger partial charge is 0.394 e. The van der Waals surface area contributed by atoms with Crippen LogP contribution < -0.4 is 5.32 Å². The first kappa shape index (κ1) is 12.6. The van der Waals surface area contributed by atoms with Crippen molar-refractivity contribution < 1.29 is 14.3 Å². The van der Waals surface area contributed by atoms with Crippen molar-refractivity contribution >= 4 is 5.91 Å². The summed E-state index contributed by atoms with van der Waals surface area (Å²) in [5.74, 6) is -0.652. The summed E-state index contributed by atoms with van der Waals surface area (Å²) in [4.78, 5) is 11.5. The minimum absolute atomic E-state index is 0.00315. The van der Waals surface area contributed by atoms with Crippen molar-refractivity contribution in [1.82, 2.24) is 5.32 Å². The van der Waals surface area contributed by atoms with Crippen LogP contribution in [-0.2, 0) is 11.2 Å². The van der Waals surface area contributed by atoms with Crippen LogP contribution >= 0.6 is 0 Å². The van der Waals surface area contributed by atoms with Crippen LogP contribution in [0.15, 0.2) is 24.3 Å². The number of aliphatic hydroxyl groups is 1. The van der Waals surface area contributed by atoms with E-state index in [1.807, 2.05) is 6.92 Å². The Labute approximate surface area is 94.3 Å². The fourth-order valence-corrected chi connectivity index (χ4v) is 1.37. The van der Waals surface area contributed by atoms with Gasteiger partial charge in [0.25, 0.3) is 0 Å². The molecule has 2 N–H and O–H groups in total. The Morgan fingerprint density at radius 3 is 2.75 bits per heavy atom. The van der Waals surface area contributed by atoms with Gasteiger partial charge in [-0.3, -0.25) is 4.79 Å². The molecule has 3 nitrogen and oxygen atoms in total. The van der Waals surface area contributed by atoms with Crippen LogP contribution in [0.1, 0.15) is 18.9 Å². The number of rotatable bonds is 5. The summed E-state index contributed by atoms with van der Waals surface area (Å²) >= 11 is 0. The molecule has 0 unspecified atom stereocenters. The minimum Gasteiger partial charge on any atom is -0.394 e. The van der Waals surface area contributed by atoms with E-state index in [-0.39, 0.29) is 30.8 Å². The van der Waals surface area contributed by atoms with Gasteiger partial charge in [-0.05, 0) is 18.1 Å².